The van der Waals surface area contributed by atoms with Gasteiger partial charge in [0.25, 0.3) is 0 Å². The van der Waals surface area contributed by atoms with Crippen molar-refractivity contribution in [3.63, 3.8) is 0 Å². The molecule has 0 N–H and O–H groups in total. The number of rotatable bonds is 38. The smallest absolute Gasteiger partial charge is 0.311 e. The fourth-order valence-electron chi connectivity index (χ4n) is 7.33. The van der Waals surface area contributed by atoms with Crippen LogP contribution < -0.4 is 0 Å². The van der Waals surface area contributed by atoms with E-state index in [0.29, 0.717) is 19.6 Å². The number of carbonyl (C=O) groups is 2. The van der Waals surface area contributed by atoms with Crippen LogP contribution in [0.25, 0.3) is 0 Å². The molecule has 0 amide bonds. The first-order chi connectivity index (χ1) is 26.8. The van der Waals surface area contributed by atoms with Crippen LogP contribution >= 0.6 is 0 Å². The van der Waals surface area contributed by atoms with Gasteiger partial charge in [-0.15, -0.1) is 0 Å². The minimum atomic E-state index is -0.481. The molecule has 6 nitrogen and oxygen atoms in total. The maximum absolute atomic E-state index is 13.0. The molecule has 0 aromatic heterocycles. The van der Waals surface area contributed by atoms with Gasteiger partial charge in [0.2, 0.25) is 0 Å². The van der Waals surface area contributed by atoms with Crippen molar-refractivity contribution in [2.75, 3.05) is 33.9 Å². The van der Waals surface area contributed by atoms with E-state index in [0.717, 1.165) is 102 Å². The summed E-state index contributed by atoms with van der Waals surface area (Å²) >= 11 is 0. The van der Waals surface area contributed by atoms with Crippen molar-refractivity contribution in [1.82, 2.24) is 4.90 Å². The number of allylic oxidation sites excluding steroid dienone is 1. The molecule has 0 aliphatic rings. The molecule has 6 heteroatoms. The van der Waals surface area contributed by atoms with E-state index in [1.54, 1.807) is 0 Å². The van der Waals surface area contributed by atoms with Crippen LogP contribution in [0.15, 0.2) is 12.3 Å². The molecule has 0 spiro atoms. The van der Waals surface area contributed by atoms with Crippen LogP contribution in [0, 0.1) is 28.6 Å². The van der Waals surface area contributed by atoms with Crippen molar-refractivity contribution < 1.29 is 23.8 Å². The molecule has 0 radical (unpaired) electrons. The van der Waals surface area contributed by atoms with Gasteiger partial charge in [-0.25, -0.2) is 0 Å². The summed E-state index contributed by atoms with van der Waals surface area (Å²) in [5.41, 5.74) is -0.587. The average Bonchev–Trinajstić information content (AvgIpc) is 3.14. The van der Waals surface area contributed by atoms with Crippen molar-refractivity contribution in [2.45, 2.75) is 234 Å². The molecule has 0 aromatic rings. The molecule has 0 heterocycles. The zero-order chi connectivity index (χ0) is 41.9. The van der Waals surface area contributed by atoms with Gasteiger partial charge in [0, 0.05) is 18.3 Å². The van der Waals surface area contributed by atoms with Crippen LogP contribution in [0.4, 0.5) is 0 Å². The van der Waals surface area contributed by atoms with Gasteiger partial charge in [0.15, 0.2) is 0 Å². The molecule has 1 atom stereocenters. The van der Waals surface area contributed by atoms with Gasteiger partial charge in [0.1, 0.15) is 12.7 Å². The van der Waals surface area contributed by atoms with E-state index in [1.807, 2.05) is 27.9 Å². The van der Waals surface area contributed by atoms with E-state index >= 15 is 0 Å². The third kappa shape index (κ3) is 31.0. The second-order valence-electron chi connectivity index (χ2n) is 18.4. The van der Waals surface area contributed by atoms with Crippen molar-refractivity contribution in [3.05, 3.63) is 12.3 Å². The molecule has 0 aliphatic heterocycles. The zero-order valence-corrected chi connectivity index (χ0v) is 38.8. The van der Waals surface area contributed by atoms with E-state index in [4.69, 9.17) is 14.2 Å². The van der Waals surface area contributed by atoms with Gasteiger partial charge >= 0.3 is 11.9 Å². The highest BCUT2D eigenvalue weighted by atomic mass is 16.5. The summed E-state index contributed by atoms with van der Waals surface area (Å²) in [6.45, 7) is 21.3. The predicted molar refractivity (Wildman–Crippen MR) is 240 cm³/mol. The highest BCUT2D eigenvalue weighted by molar-refractivity contribution is 5.75. The molecule has 328 valence electrons. The van der Waals surface area contributed by atoms with E-state index in [2.05, 4.69) is 57.9 Å². The number of carbonyl (C=O) groups excluding carboxylic acids is 2. The molecular weight excluding hydrogens is 695 g/mol. The fraction of sp³-hybridized carbons (Fsp3) is 0.880. The Hall–Kier alpha value is -2.00. The molecule has 0 rings (SSSR count). The van der Waals surface area contributed by atoms with Crippen LogP contribution in [-0.4, -0.2) is 56.8 Å². The first-order valence-electron chi connectivity index (χ1n) is 23.6. The fourth-order valence-corrected chi connectivity index (χ4v) is 7.33. The van der Waals surface area contributed by atoms with Gasteiger partial charge in [-0.1, -0.05) is 156 Å². The van der Waals surface area contributed by atoms with E-state index < -0.39 is 5.41 Å². The Labute approximate surface area is 348 Å². The van der Waals surface area contributed by atoms with Crippen molar-refractivity contribution in [3.8, 4) is 11.8 Å². The summed E-state index contributed by atoms with van der Waals surface area (Å²) in [7, 11) is 4.06. The Morgan fingerprint density at radius 2 is 1.12 bits per heavy atom. The third-order valence-electron chi connectivity index (χ3n) is 11.5. The van der Waals surface area contributed by atoms with Crippen LogP contribution in [-0.2, 0) is 23.8 Å². The lowest BCUT2D eigenvalue weighted by atomic mass is 9.85. The van der Waals surface area contributed by atoms with E-state index in [9.17, 15) is 9.59 Å². The Morgan fingerprint density at radius 3 is 1.71 bits per heavy atom. The lowest BCUT2D eigenvalue weighted by molar-refractivity contribution is -0.154. The average molecular weight is 788 g/mol. The van der Waals surface area contributed by atoms with Gasteiger partial charge in [-0.2, -0.15) is 0 Å². The molecule has 0 aromatic carbocycles. The minimum Gasteiger partial charge on any atom is -0.485 e. The highest BCUT2D eigenvalue weighted by Gasteiger charge is 2.29. The van der Waals surface area contributed by atoms with Gasteiger partial charge < -0.3 is 19.1 Å². The number of nitrogens with zero attached hydrogens (tertiary/aromatic N) is 1. The van der Waals surface area contributed by atoms with Gasteiger partial charge in [0.05, 0.1) is 17.8 Å². The molecule has 0 bridgehead atoms. The summed E-state index contributed by atoms with van der Waals surface area (Å²) in [5.74, 6) is 7.85. The number of unbranched alkanes of at least 4 members (excludes halogenated alkanes) is 13. The quantitative estimate of drug-likeness (QED) is 0.0269. The molecular formula is C50H93NO5. The lowest BCUT2D eigenvalue weighted by Gasteiger charge is -2.26. The third-order valence-corrected chi connectivity index (χ3v) is 11.5. The monoisotopic (exact) mass is 788 g/mol. The summed E-state index contributed by atoms with van der Waals surface area (Å²) < 4.78 is 17.8. The Balaban J connectivity index is 4.69. The summed E-state index contributed by atoms with van der Waals surface area (Å²) in [6.07, 6.45) is 30.8. The minimum absolute atomic E-state index is 0.0517. The first kappa shape index (κ1) is 54.0. The Morgan fingerprint density at radius 1 is 0.607 bits per heavy atom. The van der Waals surface area contributed by atoms with Crippen LogP contribution in [0.2, 0.25) is 0 Å². The van der Waals surface area contributed by atoms with Crippen LogP contribution in [0.3, 0.4) is 0 Å². The normalized spacial score (nSPS) is 12.4. The number of hydrogen-bond donors (Lipinski definition) is 0. The Kier molecular flexibility index (Phi) is 33.7. The van der Waals surface area contributed by atoms with Gasteiger partial charge in [-0.3, -0.25) is 9.59 Å². The predicted octanol–water partition coefficient (Wildman–Crippen LogP) is 14.2. The molecule has 56 heavy (non-hydrogen) atoms. The topological polar surface area (TPSA) is 65.1 Å². The maximum atomic E-state index is 13.0. The SMILES string of the molecule is C=C(OCC#CCCCCCCC)C(C)(C)CCCCCC(CCCCCC(C)(C)C(=O)OCCCC(CCCCC)CCCCC)OC(=O)CCCN(C)C. The number of esters is 2. The number of ether oxygens (including phenoxy) is 3. The zero-order valence-electron chi connectivity index (χ0n) is 38.8. The molecule has 0 saturated heterocycles. The molecule has 0 fully saturated rings. The van der Waals surface area contributed by atoms with Crippen molar-refractivity contribution >= 4 is 11.9 Å². The maximum Gasteiger partial charge on any atom is 0.311 e. The summed E-state index contributed by atoms with van der Waals surface area (Å²) in [5, 5.41) is 0. The number of hydrogen-bond acceptors (Lipinski definition) is 6. The molecule has 0 aliphatic carbocycles. The Bertz CT molecular complexity index is 1030. The van der Waals surface area contributed by atoms with Crippen molar-refractivity contribution in [2.24, 2.45) is 16.7 Å². The van der Waals surface area contributed by atoms with Crippen molar-refractivity contribution in [1.29, 1.82) is 0 Å². The second kappa shape index (κ2) is 35.0. The summed E-state index contributed by atoms with van der Waals surface area (Å²) in [6, 6.07) is 0. The van der Waals surface area contributed by atoms with Gasteiger partial charge in [-0.05, 0) is 105 Å². The molecule has 0 saturated carbocycles. The van der Waals surface area contributed by atoms with Crippen LogP contribution in [0.5, 0.6) is 0 Å². The summed E-state index contributed by atoms with van der Waals surface area (Å²) in [4.78, 5) is 27.9. The first-order valence-corrected chi connectivity index (χ1v) is 23.6. The van der Waals surface area contributed by atoms with Crippen LogP contribution in [0.1, 0.15) is 228 Å². The largest absolute Gasteiger partial charge is 0.485 e. The molecule has 1 unspecified atom stereocenters. The lowest BCUT2D eigenvalue weighted by Crippen LogP contribution is -2.27. The van der Waals surface area contributed by atoms with E-state index in [1.165, 1.54) is 89.9 Å². The second-order valence-corrected chi connectivity index (χ2v) is 18.4. The van der Waals surface area contributed by atoms with E-state index in [-0.39, 0.29) is 23.5 Å². The highest BCUT2D eigenvalue weighted by Crippen LogP contribution is 2.32. The standard InChI is InChI=1S/C50H93NO5/c1-11-14-17-18-19-20-21-30-42-54-44(4)49(5,6)39-28-22-26-36-46(56-47(52)38-31-41-51(9)10)37-27-23-29-40-50(7,8)48(53)55-43-32-35-45(33-24-15-12-2)34-25-16-13-3/h45-46H,4,11-20,22-29,31-43H2,1-3,5-10H3.